The maximum Gasteiger partial charge on any atom is 0.147 e. The molecule has 1 aromatic heterocycles. The Hall–Kier alpha value is -2.57. The zero-order valence-corrected chi connectivity index (χ0v) is 16.5. The molecule has 1 atom stereocenters. The second kappa shape index (κ2) is 8.05. The summed E-state index contributed by atoms with van der Waals surface area (Å²) < 4.78 is 16.7. The number of benzene rings is 2. The third-order valence-corrected chi connectivity index (χ3v) is 6.10. The van der Waals surface area contributed by atoms with Crippen molar-refractivity contribution >= 4 is 0 Å². The maximum atomic E-state index is 14.4. The van der Waals surface area contributed by atoms with E-state index < -0.39 is 0 Å². The van der Waals surface area contributed by atoms with E-state index in [9.17, 15) is 4.39 Å². The lowest BCUT2D eigenvalue weighted by Crippen LogP contribution is -2.36. The van der Waals surface area contributed by atoms with E-state index >= 15 is 0 Å². The highest BCUT2D eigenvalue weighted by molar-refractivity contribution is 5.67. The van der Waals surface area contributed by atoms with Crippen LogP contribution in [-0.2, 0) is 19.6 Å². The summed E-state index contributed by atoms with van der Waals surface area (Å²) in [4.78, 5) is 2.38. The van der Waals surface area contributed by atoms with E-state index in [2.05, 4.69) is 31.0 Å². The molecular formula is C23H26FN5. The molecule has 0 aliphatic carbocycles. The van der Waals surface area contributed by atoms with Crippen LogP contribution in [0.5, 0.6) is 0 Å². The molecule has 5 nitrogen and oxygen atoms in total. The van der Waals surface area contributed by atoms with Crippen LogP contribution in [0.25, 0.3) is 11.1 Å². The second-order valence-corrected chi connectivity index (χ2v) is 8.02. The Bertz CT molecular complexity index is 992. The molecule has 6 heteroatoms. The van der Waals surface area contributed by atoms with Gasteiger partial charge in [-0.3, -0.25) is 4.90 Å². The van der Waals surface area contributed by atoms with Crippen LogP contribution in [0.2, 0.25) is 0 Å². The SMILES string of the molecule is Fc1ccccc1-c1ccccc1CN1CCn2c(nnc2[C@@H]2CCCNC2)C1. The highest BCUT2D eigenvalue weighted by atomic mass is 19.1. The van der Waals surface area contributed by atoms with E-state index in [1.807, 2.05) is 30.3 Å². The van der Waals surface area contributed by atoms with Crippen molar-refractivity contribution in [2.75, 3.05) is 19.6 Å². The predicted octanol–water partition coefficient (Wildman–Crippen LogP) is 3.57. The smallest absolute Gasteiger partial charge is 0.147 e. The lowest BCUT2D eigenvalue weighted by Gasteiger charge is -2.30. The molecule has 150 valence electrons. The topological polar surface area (TPSA) is 46.0 Å². The number of nitrogens with one attached hydrogen (secondary N) is 1. The Balaban J connectivity index is 1.35. The number of halogens is 1. The number of fused-ring (bicyclic) bond motifs is 1. The van der Waals surface area contributed by atoms with Crippen LogP contribution in [0.15, 0.2) is 48.5 Å². The van der Waals surface area contributed by atoms with Gasteiger partial charge in [-0.1, -0.05) is 42.5 Å². The number of aromatic nitrogens is 3. The molecular weight excluding hydrogens is 365 g/mol. The van der Waals surface area contributed by atoms with Crippen LogP contribution in [-0.4, -0.2) is 39.3 Å². The Morgan fingerprint density at radius 3 is 2.66 bits per heavy atom. The molecule has 0 saturated carbocycles. The van der Waals surface area contributed by atoms with Crippen LogP contribution in [0.3, 0.4) is 0 Å². The molecule has 0 spiro atoms. The third kappa shape index (κ3) is 3.70. The summed E-state index contributed by atoms with van der Waals surface area (Å²) in [6.07, 6.45) is 2.39. The van der Waals surface area contributed by atoms with Gasteiger partial charge in [-0.05, 0) is 36.6 Å². The van der Waals surface area contributed by atoms with Crippen molar-refractivity contribution in [1.29, 1.82) is 0 Å². The number of rotatable bonds is 4. The largest absolute Gasteiger partial charge is 0.316 e. The normalized spacial score (nSPS) is 19.8. The number of nitrogens with zero attached hydrogens (tertiary/aromatic N) is 4. The van der Waals surface area contributed by atoms with Crippen molar-refractivity contribution < 1.29 is 4.39 Å². The molecule has 3 aromatic rings. The van der Waals surface area contributed by atoms with Gasteiger partial charge in [0.05, 0.1) is 6.54 Å². The number of piperidine rings is 1. The van der Waals surface area contributed by atoms with Crippen molar-refractivity contribution in [3.63, 3.8) is 0 Å². The molecule has 1 fully saturated rings. The van der Waals surface area contributed by atoms with Crippen molar-refractivity contribution in [2.45, 2.75) is 38.4 Å². The fourth-order valence-corrected chi connectivity index (χ4v) is 4.58. The van der Waals surface area contributed by atoms with Gasteiger partial charge in [-0.15, -0.1) is 10.2 Å². The van der Waals surface area contributed by atoms with Crippen molar-refractivity contribution in [2.24, 2.45) is 0 Å². The minimum absolute atomic E-state index is 0.177. The van der Waals surface area contributed by atoms with Gasteiger partial charge >= 0.3 is 0 Å². The highest BCUT2D eigenvalue weighted by Gasteiger charge is 2.27. The van der Waals surface area contributed by atoms with Crippen LogP contribution in [0.1, 0.15) is 36.0 Å². The summed E-state index contributed by atoms with van der Waals surface area (Å²) in [6.45, 7) is 5.51. The average Bonchev–Trinajstić information content (AvgIpc) is 3.19. The second-order valence-electron chi connectivity index (χ2n) is 8.02. The van der Waals surface area contributed by atoms with E-state index in [1.165, 1.54) is 18.9 Å². The summed E-state index contributed by atoms with van der Waals surface area (Å²) in [5, 5.41) is 12.5. The predicted molar refractivity (Wildman–Crippen MR) is 111 cm³/mol. The molecule has 1 N–H and O–H groups in total. The quantitative estimate of drug-likeness (QED) is 0.739. The summed E-state index contributed by atoms with van der Waals surface area (Å²) in [7, 11) is 0. The fraction of sp³-hybridized carbons (Fsp3) is 0.391. The van der Waals surface area contributed by atoms with Gasteiger partial charge < -0.3 is 9.88 Å². The first-order valence-electron chi connectivity index (χ1n) is 10.5. The monoisotopic (exact) mass is 391 g/mol. The standard InChI is InChI=1S/C23H26FN5/c24-21-10-4-3-9-20(21)19-8-2-1-6-18(19)15-28-12-13-29-22(16-28)26-27-23(29)17-7-5-11-25-14-17/h1-4,6,8-10,17,25H,5,7,11-16H2/t17-/m1/s1. The van der Waals surface area contributed by atoms with Gasteiger partial charge in [0, 0.05) is 37.7 Å². The van der Waals surface area contributed by atoms with Crippen LogP contribution >= 0.6 is 0 Å². The first-order valence-corrected chi connectivity index (χ1v) is 10.5. The summed E-state index contributed by atoms with van der Waals surface area (Å²) in [5.41, 5.74) is 2.77. The van der Waals surface area contributed by atoms with Crippen molar-refractivity contribution in [1.82, 2.24) is 25.0 Å². The lowest BCUT2D eigenvalue weighted by atomic mass is 9.98. The van der Waals surface area contributed by atoms with E-state index in [0.717, 1.165) is 62.0 Å². The van der Waals surface area contributed by atoms with E-state index in [0.29, 0.717) is 11.5 Å². The van der Waals surface area contributed by atoms with Gasteiger partial charge in [0.25, 0.3) is 0 Å². The zero-order chi connectivity index (χ0) is 19.6. The van der Waals surface area contributed by atoms with Crippen molar-refractivity contribution in [3.8, 4) is 11.1 Å². The minimum atomic E-state index is -0.177. The highest BCUT2D eigenvalue weighted by Crippen LogP contribution is 2.29. The summed E-state index contributed by atoms with van der Waals surface area (Å²) in [6, 6.07) is 15.1. The molecule has 0 amide bonds. The first kappa shape index (κ1) is 18.5. The van der Waals surface area contributed by atoms with Gasteiger partial charge in [0.1, 0.15) is 17.5 Å². The maximum absolute atomic E-state index is 14.4. The van der Waals surface area contributed by atoms with Crippen LogP contribution in [0, 0.1) is 5.82 Å². The van der Waals surface area contributed by atoms with Crippen molar-refractivity contribution in [3.05, 3.63) is 71.6 Å². The van der Waals surface area contributed by atoms with E-state index in [4.69, 9.17) is 0 Å². The third-order valence-electron chi connectivity index (χ3n) is 6.10. The van der Waals surface area contributed by atoms with Gasteiger partial charge in [-0.25, -0.2) is 4.39 Å². The lowest BCUT2D eigenvalue weighted by molar-refractivity contribution is 0.206. The van der Waals surface area contributed by atoms with Crippen LogP contribution < -0.4 is 5.32 Å². The Morgan fingerprint density at radius 1 is 1.00 bits per heavy atom. The fourth-order valence-electron chi connectivity index (χ4n) is 4.58. The van der Waals surface area contributed by atoms with Gasteiger partial charge in [0.2, 0.25) is 0 Å². The molecule has 29 heavy (non-hydrogen) atoms. The first-order chi connectivity index (χ1) is 14.3. The number of hydrogen-bond acceptors (Lipinski definition) is 4. The molecule has 2 aliphatic rings. The van der Waals surface area contributed by atoms with Crippen LogP contribution in [0.4, 0.5) is 4.39 Å². The Kier molecular flexibility index (Phi) is 5.12. The molecule has 0 unspecified atom stereocenters. The molecule has 5 rings (SSSR count). The Morgan fingerprint density at radius 2 is 1.83 bits per heavy atom. The van der Waals surface area contributed by atoms with Gasteiger partial charge in [-0.2, -0.15) is 0 Å². The Labute approximate surface area is 170 Å². The molecule has 3 heterocycles. The molecule has 0 radical (unpaired) electrons. The number of hydrogen-bond donors (Lipinski definition) is 1. The molecule has 2 aliphatic heterocycles. The van der Waals surface area contributed by atoms with E-state index in [1.54, 1.807) is 6.07 Å². The molecule has 1 saturated heterocycles. The summed E-state index contributed by atoms with van der Waals surface area (Å²) in [5.74, 6) is 2.47. The molecule has 0 bridgehead atoms. The van der Waals surface area contributed by atoms with Gasteiger partial charge in [0.15, 0.2) is 0 Å². The van der Waals surface area contributed by atoms with E-state index in [-0.39, 0.29) is 5.82 Å². The molecule has 2 aromatic carbocycles. The zero-order valence-electron chi connectivity index (χ0n) is 16.5. The minimum Gasteiger partial charge on any atom is -0.316 e. The summed E-state index contributed by atoms with van der Waals surface area (Å²) >= 11 is 0. The average molecular weight is 391 g/mol.